The lowest BCUT2D eigenvalue weighted by Crippen LogP contribution is -2.51. The lowest BCUT2D eigenvalue weighted by atomic mass is 9.86. The predicted molar refractivity (Wildman–Crippen MR) is 71.7 cm³/mol. The highest BCUT2D eigenvalue weighted by Gasteiger charge is 2.33. The second-order valence-corrected chi connectivity index (χ2v) is 5.93. The van der Waals surface area contributed by atoms with Gasteiger partial charge in [0.2, 0.25) is 5.91 Å². The number of carbonyl (C=O) groups is 2. The van der Waals surface area contributed by atoms with Crippen molar-refractivity contribution >= 4 is 11.9 Å². The molecule has 0 aromatic heterocycles. The molecule has 2 rings (SSSR count). The Morgan fingerprint density at radius 1 is 1.42 bits per heavy atom. The van der Waals surface area contributed by atoms with E-state index in [-0.39, 0.29) is 18.2 Å². The lowest BCUT2D eigenvalue weighted by molar-refractivity contribution is -0.139. The van der Waals surface area contributed by atoms with Crippen LogP contribution in [0, 0.1) is 17.8 Å². The molecule has 0 saturated carbocycles. The van der Waals surface area contributed by atoms with Crippen LogP contribution < -0.4 is 5.32 Å². The van der Waals surface area contributed by atoms with E-state index in [2.05, 4.69) is 5.32 Å². The first-order valence-electron chi connectivity index (χ1n) is 7.29. The minimum Gasteiger partial charge on any atom is -0.481 e. The summed E-state index contributed by atoms with van der Waals surface area (Å²) < 4.78 is 0. The zero-order valence-corrected chi connectivity index (χ0v) is 11.6. The van der Waals surface area contributed by atoms with Crippen molar-refractivity contribution in [1.82, 2.24) is 10.2 Å². The standard InChI is InChI=1S/C14H24N2O3/c1-10(12-7-15-8-12)14(19)16-6-2-3-11(9-16)4-5-13(17)18/h10-12,15H,2-9H2,1H3,(H,17,18). The number of aliphatic carboxylic acids is 1. The maximum absolute atomic E-state index is 12.4. The molecular weight excluding hydrogens is 244 g/mol. The summed E-state index contributed by atoms with van der Waals surface area (Å²) in [7, 11) is 0. The van der Waals surface area contributed by atoms with E-state index in [0.717, 1.165) is 39.0 Å². The highest BCUT2D eigenvalue weighted by Crippen LogP contribution is 2.25. The average Bonchev–Trinajstić information content (AvgIpc) is 2.33. The van der Waals surface area contributed by atoms with Gasteiger partial charge in [0.15, 0.2) is 0 Å². The molecule has 0 aliphatic carbocycles. The quantitative estimate of drug-likeness (QED) is 0.779. The van der Waals surface area contributed by atoms with Crippen LogP contribution in [0.15, 0.2) is 0 Å². The Kier molecular flexibility index (Phi) is 4.80. The van der Waals surface area contributed by atoms with Gasteiger partial charge in [-0.2, -0.15) is 0 Å². The Morgan fingerprint density at radius 2 is 2.16 bits per heavy atom. The van der Waals surface area contributed by atoms with Gasteiger partial charge in [-0.05, 0) is 44.2 Å². The minimum atomic E-state index is -0.739. The molecule has 2 saturated heterocycles. The first-order chi connectivity index (χ1) is 9.08. The Balaban J connectivity index is 1.82. The van der Waals surface area contributed by atoms with Gasteiger partial charge in [0.05, 0.1) is 0 Å². The van der Waals surface area contributed by atoms with Crippen molar-refractivity contribution in [3.63, 3.8) is 0 Å². The van der Waals surface area contributed by atoms with Crippen molar-refractivity contribution in [2.45, 2.75) is 32.6 Å². The Morgan fingerprint density at radius 3 is 2.74 bits per heavy atom. The van der Waals surface area contributed by atoms with E-state index in [4.69, 9.17) is 5.11 Å². The molecule has 19 heavy (non-hydrogen) atoms. The van der Waals surface area contributed by atoms with Crippen LogP contribution >= 0.6 is 0 Å². The van der Waals surface area contributed by atoms with Gasteiger partial charge in [-0.3, -0.25) is 9.59 Å². The van der Waals surface area contributed by atoms with E-state index >= 15 is 0 Å². The molecule has 5 heteroatoms. The van der Waals surface area contributed by atoms with Crippen LogP contribution in [0.5, 0.6) is 0 Å². The number of hydrogen-bond acceptors (Lipinski definition) is 3. The van der Waals surface area contributed by atoms with Crippen LogP contribution in [0.4, 0.5) is 0 Å². The maximum Gasteiger partial charge on any atom is 0.303 e. The zero-order valence-electron chi connectivity index (χ0n) is 11.6. The lowest BCUT2D eigenvalue weighted by Gasteiger charge is -2.38. The van der Waals surface area contributed by atoms with E-state index in [9.17, 15) is 9.59 Å². The fourth-order valence-corrected chi connectivity index (χ4v) is 2.98. The highest BCUT2D eigenvalue weighted by molar-refractivity contribution is 5.79. The molecule has 108 valence electrons. The van der Waals surface area contributed by atoms with Crippen molar-refractivity contribution in [2.24, 2.45) is 17.8 Å². The summed E-state index contributed by atoms with van der Waals surface area (Å²) in [5.74, 6) is 0.454. The van der Waals surface area contributed by atoms with Gasteiger partial charge in [0.25, 0.3) is 0 Å². The molecule has 0 aromatic rings. The van der Waals surface area contributed by atoms with E-state index in [1.54, 1.807) is 0 Å². The molecule has 2 fully saturated rings. The predicted octanol–water partition coefficient (Wildman–Crippen LogP) is 0.945. The third-order valence-corrected chi connectivity index (χ3v) is 4.51. The van der Waals surface area contributed by atoms with Gasteiger partial charge < -0.3 is 15.3 Å². The van der Waals surface area contributed by atoms with Crippen LogP contribution in [0.3, 0.4) is 0 Å². The van der Waals surface area contributed by atoms with E-state index < -0.39 is 5.97 Å². The molecule has 2 heterocycles. The Bertz CT molecular complexity index is 342. The second kappa shape index (κ2) is 6.37. The van der Waals surface area contributed by atoms with Gasteiger partial charge in [0, 0.05) is 25.4 Å². The third kappa shape index (κ3) is 3.69. The van der Waals surface area contributed by atoms with Gasteiger partial charge in [-0.1, -0.05) is 6.92 Å². The van der Waals surface area contributed by atoms with Crippen LogP contribution in [-0.4, -0.2) is 48.1 Å². The number of hydrogen-bond donors (Lipinski definition) is 2. The SMILES string of the molecule is CC(C(=O)N1CCCC(CCC(=O)O)C1)C1CNC1. The molecule has 0 aromatic carbocycles. The van der Waals surface area contributed by atoms with Crippen molar-refractivity contribution in [2.75, 3.05) is 26.2 Å². The molecule has 2 aliphatic rings. The fraction of sp³-hybridized carbons (Fsp3) is 0.857. The molecule has 0 bridgehead atoms. The summed E-state index contributed by atoms with van der Waals surface area (Å²) >= 11 is 0. The molecular formula is C14H24N2O3. The normalized spacial score (nSPS) is 25.7. The van der Waals surface area contributed by atoms with Crippen LogP contribution in [0.25, 0.3) is 0 Å². The van der Waals surface area contributed by atoms with Gasteiger partial charge in [0.1, 0.15) is 0 Å². The van der Waals surface area contributed by atoms with Crippen molar-refractivity contribution in [3.8, 4) is 0 Å². The number of nitrogens with zero attached hydrogens (tertiary/aromatic N) is 1. The number of piperidine rings is 1. The van der Waals surface area contributed by atoms with E-state index in [1.807, 2.05) is 11.8 Å². The zero-order chi connectivity index (χ0) is 13.8. The number of carboxylic acid groups (broad SMARTS) is 1. The topological polar surface area (TPSA) is 69.6 Å². The molecule has 1 amide bonds. The van der Waals surface area contributed by atoms with E-state index in [1.165, 1.54) is 0 Å². The smallest absolute Gasteiger partial charge is 0.303 e. The first-order valence-corrected chi connectivity index (χ1v) is 7.29. The van der Waals surface area contributed by atoms with Crippen molar-refractivity contribution < 1.29 is 14.7 Å². The molecule has 2 unspecified atom stereocenters. The van der Waals surface area contributed by atoms with Crippen molar-refractivity contribution in [3.05, 3.63) is 0 Å². The van der Waals surface area contributed by atoms with Crippen LogP contribution in [-0.2, 0) is 9.59 Å². The first kappa shape index (κ1) is 14.3. The van der Waals surface area contributed by atoms with Gasteiger partial charge >= 0.3 is 5.97 Å². The molecule has 0 spiro atoms. The number of nitrogens with one attached hydrogen (secondary N) is 1. The number of likely N-dealkylation sites (tertiary alicyclic amines) is 1. The number of carbonyl (C=O) groups excluding carboxylic acids is 1. The summed E-state index contributed by atoms with van der Waals surface area (Å²) in [6, 6.07) is 0. The Labute approximate surface area is 114 Å². The number of carboxylic acids is 1. The monoisotopic (exact) mass is 268 g/mol. The summed E-state index contributed by atoms with van der Waals surface area (Å²) in [5.41, 5.74) is 0. The molecule has 2 aliphatic heterocycles. The number of rotatable bonds is 5. The maximum atomic E-state index is 12.4. The average molecular weight is 268 g/mol. The second-order valence-electron chi connectivity index (χ2n) is 5.93. The number of amides is 1. The van der Waals surface area contributed by atoms with Gasteiger partial charge in [-0.25, -0.2) is 0 Å². The van der Waals surface area contributed by atoms with Crippen molar-refractivity contribution in [1.29, 1.82) is 0 Å². The molecule has 5 nitrogen and oxygen atoms in total. The summed E-state index contributed by atoms with van der Waals surface area (Å²) in [6.45, 7) is 5.50. The molecule has 2 N–H and O–H groups in total. The summed E-state index contributed by atoms with van der Waals surface area (Å²) in [4.78, 5) is 25.0. The molecule has 0 radical (unpaired) electrons. The van der Waals surface area contributed by atoms with Gasteiger partial charge in [-0.15, -0.1) is 0 Å². The summed E-state index contributed by atoms with van der Waals surface area (Å²) in [6.07, 6.45) is 2.97. The third-order valence-electron chi connectivity index (χ3n) is 4.51. The Hall–Kier alpha value is -1.10. The van der Waals surface area contributed by atoms with Crippen LogP contribution in [0.1, 0.15) is 32.6 Å². The van der Waals surface area contributed by atoms with Crippen LogP contribution in [0.2, 0.25) is 0 Å². The van der Waals surface area contributed by atoms with E-state index in [0.29, 0.717) is 18.3 Å². The summed E-state index contributed by atoms with van der Waals surface area (Å²) in [5, 5.41) is 11.9. The minimum absolute atomic E-state index is 0.0967. The fourth-order valence-electron chi connectivity index (χ4n) is 2.98. The molecule has 2 atom stereocenters. The largest absolute Gasteiger partial charge is 0.481 e. The highest BCUT2D eigenvalue weighted by atomic mass is 16.4.